The number of aromatic nitrogens is 2. The molecule has 0 bridgehead atoms. The van der Waals surface area contributed by atoms with Crippen molar-refractivity contribution in [2.45, 2.75) is 38.1 Å². The average molecular weight is 327 g/mol. The van der Waals surface area contributed by atoms with Crippen LogP contribution >= 0.6 is 11.6 Å². The van der Waals surface area contributed by atoms with Gasteiger partial charge in [0, 0.05) is 6.04 Å². The highest BCUT2D eigenvalue weighted by molar-refractivity contribution is 7.91. The average Bonchev–Trinajstić information content (AvgIpc) is 2.78. The van der Waals surface area contributed by atoms with Crippen molar-refractivity contribution in [3.8, 4) is 0 Å². The van der Waals surface area contributed by atoms with E-state index in [1.54, 1.807) is 0 Å². The van der Waals surface area contributed by atoms with Crippen LogP contribution in [-0.2, 0) is 9.84 Å². The van der Waals surface area contributed by atoms with Crippen molar-refractivity contribution in [3.63, 3.8) is 0 Å². The molecule has 0 amide bonds. The predicted molar refractivity (Wildman–Crippen MR) is 85.7 cm³/mol. The molecule has 2 heterocycles. The molecule has 3 rings (SSSR count). The molecule has 0 N–H and O–H groups in total. The first kappa shape index (κ1) is 14.9. The molecule has 114 valence electrons. The number of imidazole rings is 1. The Morgan fingerprint density at radius 1 is 1.43 bits per heavy atom. The van der Waals surface area contributed by atoms with Crippen LogP contribution in [-0.4, -0.2) is 29.5 Å². The van der Waals surface area contributed by atoms with Gasteiger partial charge in [-0.15, -0.1) is 11.6 Å². The number of sulfone groups is 1. The third kappa shape index (κ3) is 2.69. The van der Waals surface area contributed by atoms with Gasteiger partial charge in [-0.25, -0.2) is 13.4 Å². The molecule has 1 saturated heterocycles. The Balaban J connectivity index is 2.20. The van der Waals surface area contributed by atoms with Gasteiger partial charge in [-0.3, -0.25) is 0 Å². The van der Waals surface area contributed by atoms with E-state index in [2.05, 4.69) is 9.55 Å². The maximum absolute atomic E-state index is 12.0. The van der Waals surface area contributed by atoms with Crippen molar-refractivity contribution in [2.24, 2.45) is 0 Å². The Hall–Kier alpha value is -1.07. The molecular weight excluding hydrogens is 308 g/mol. The highest BCUT2D eigenvalue weighted by Crippen LogP contribution is 2.33. The summed E-state index contributed by atoms with van der Waals surface area (Å²) < 4.78 is 26.0. The van der Waals surface area contributed by atoms with Gasteiger partial charge in [-0.2, -0.15) is 0 Å². The number of benzene rings is 1. The fourth-order valence-corrected chi connectivity index (χ4v) is 4.97. The molecular formula is C15H19ClN2O2S. The molecule has 21 heavy (non-hydrogen) atoms. The number of para-hydroxylation sites is 1. The first-order valence-electron chi connectivity index (χ1n) is 7.21. The van der Waals surface area contributed by atoms with E-state index in [-0.39, 0.29) is 17.2 Å². The maximum atomic E-state index is 12.0. The highest BCUT2D eigenvalue weighted by Gasteiger charge is 2.30. The number of alkyl halides is 1. The molecule has 0 radical (unpaired) electrons. The van der Waals surface area contributed by atoms with Crippen LogP contribution in [0, 0.1) is 6.92 Å². The van der Waals surface area contributed by atoms with Gasteiger partial charge in [0.15, 0.2) is 9.84 Å². The molecule has 1 aliphatic rings. The first-order valence-corrected chi connectivity index (χ1v) is 9.47. The molecule has 4 nitrogen and oxygen atoms in total. The van der Waals surface area contributed by atoms with E-state index >= 15 is 0 Å². The van der Waals surface area contributed by atoms with E-state index in [1.807, 2.05) is 32.0 Å². The minimum atomic E-state index is -2.97. The van der Waals surface area contributed by atoms with Crippen molar-refractivity contribution >= 4 is 32.5 Å². The summed E-state index contributed by atoms with van der Waals surface area (Å²) in [5.74, 6) is 1.24. The Labute approximate surface area is 130 Å². The first-order chi connectivity index (χ1) is 9.89. The van der Waals surface area contributed by atoms with Crippen molar-refractivity contribution in [1.29, 1.82) is 0 Å². The van der Waals surface area contributed by atoms with E-state index in [0.29, 0.717) is 12.2 Å². The number of hydrogen-bond donors (Lipinski definition) is 0. The zero-order chi connectivity index (χ0) is 15.2. The van der Waals surface area contributed by atoms with E-state index in [0.717, 1.165) is 28.8 Å². The van der Waals surface area contributed by atoms with Crippen LogP contribution in [0.25, 0.3) is 11.0 Å². The van der Waals surface area contributed by atoms with Crippen LogP contribution in [0.1, 0.15) is 42.6 Å². The molecule has 1 aromatic heterocycles. The smallest absolute Gasteiger partial charge is 0.152 e. The van der Waals surface area contributed by atoms with Gasteiger partial charge in [-0.1, -0.05) is 12.1 Å². The fraction of sp³-hybridized carbons (Fsp3) is 0.533. The van der Waals surface area contributed by atoms with E-state index in [1.165, 1.54) is 0 Å². The summed E-state index contributed by atoms with van der Waals surface area (Å²) in [6.07, 6.45) is 1.56. The van der Waals surface area contributed by atoms with Crippen molar-refractivity contribution in [2.75, 3.05) is 11.5 Å². The van der Waals surface area contributed by atoms with Crippen molar-refractivity contribution in [3.05, 3.63) is 29.6 Å². The minimum absolute atomic E-state index is 0.0632. The van der Waals surface area contributed by atoms with Crippen molar-refractivity contribution in [1.82, 2.24) is 9.55 Å². The second-order valence-corrected chi connectivity index (χ2v) is 8.69. The van der Waals surface area contributed by atoms with Crippen LogP contribution < -0.4 is 0 Å². The zero-order valence-corrected chi connectivity index (χ0v) is 13.8. The molecule has 1 aromatic carbocycles. The number of rotatable bonds is 2. The van der Waals surface area contributed by atoms with Gasteiger partial charge in [0.05, 0.1) is 27.9 Å². The lowest BCUT2D eigenvalue weighted by atomic mass is 10.1. The molecule has 1 fully saturated rings. The minimum Gasteiger partial charge on any atom is -0.323 e. The zero-order valence-electron chi connectivity index (χ0n) is 12.2. The van der Waals surface area contributed by atoms with E-state index in [4.69, 9.17) is 11.6 Å². The number of aryl methyl sites for hydroxylation is 1. The Bertz CT molecular complexity index is 780. The fourth-order valence-electron chi connectivity index (χ4n) is 3.14. The van der Waals surface area contributed by atoms with Gasteiger partial charge in [0.1, 0.15) is 5.82 Å². The summed E-state index contributed by atoms with van der Waals surface area (Å²) >= 11 is 6.29. The van der Waals surface area contributed by atoms with E-state index in [9.17, 15) is 8.42 Å². The molecule has 0 aliphatic carbocycles. The molecule has 2 atom stereocenters. The van der Waals surface area contributed by atoms with Gasteiger partial charge < -0.3 is 4.57 Å². The van der Waals surface area contributed by atoms with Gasteiger partial charge in [0.2, 0.25) is 0 Å². The number of hydrogen-bond acceptors (Lipinski definition) is 3. The maximum Gasteiger partial charge on any atom is 0.152 e. The van der Waals surface area contributed by atoms with Crippen LogP contribution in [0.4, 0.5) is 0 Å². The lowest BCUT2D eigenvalue weighted by molar-refractivity contribution is 0.466. The number of halogens is 1. The Kier molecular flexibility index (Phi) is 3.74. The van der Waals surface area contributed by atoms with Crippen molar-refractivity contribution < 1.29 is 8.42 Å². The van der Waals surface area contributed by atoms with Gasteiger partial charge in [-0.05, 0) is 38.3 Å². The Morgan fingerprint density at radius 2 is 2.19 bits per heavy atom. The molecule has 0 spiro atoms. The molecule has 1 aliphatic heterocycles. The van der Waals surface area contributed by atoms with Crippen LogP contribution in [0.3, 0.4) is 0 Å². The summed E-state index contributed by atoms with van der Waals surface area (Å²) in [6.45, 7) is 3.89. The Morgan fingerprint density at radius 3 is 2.86 bits per heavy atom. The van der Waals surface area contributed by atoms with Crippen LogP contribution in [0.5, 0.6) is 0 Å². The summed E-state index contributed by atoms with van der Waals surface area (Å²) in [5.41, 5.74) is 2.99. The van der Waals surface area contributed by atoms with Crippen LogP contribution in [0.2, 0.25) is 0 Å². The molecule has 6 heteroatoms. The third-order valence-corrected chi connectivity index (χ3v) is 6.11. The lowest BCUT2D eigenvalue weighted by Gasteiger charge is -2.26. The second kappa shape index (κ2) is 5.29. The molecule has 2 aromatic rings. The highest BCUT2D eigenvalue weighted by atomic mass is 35.5. The molecule has 2 unspecified atom stereocenters. The van der Waals surface area contributed by atoms with Gasteiger partial charge in [0.25, 0.3) is 0 Å². The normalized spacial score (nSPS) is 23.3. The van der Waals surface area contributed by atoms with E-state index < -0.39 is 9.84 Å². The lowest BCUT2D eigenvalue weighted by Crippen LogP contribution is -2.28. The summed E-state index contributed by atoms with van der Waals surface area (Å²) in [6, 6.07) is 5.93. The molecule has 0 saturated carbocycles. The summed E-state index contributed by atoms with van der Waals surface area (Å²) in [5, 5.41) is -0.249. The standard InChI is InChI=1S/C15H19ClN2O2S/c1-10-5-3-7-13-14(10)17-15(11(2)16)18(13)12-6-4-8-21(19,20)9-12/h3,5,7,11-12H,4,6,8-9H2,1-2H3. The van der Waals surface area contributed by atoms with Crippen LogP contribution in [0.15, 0.2) is 18.2 Å². The topological polar surface area (TPSA) is 52.0 Å². The predicted octanol–water partition coefficient (Wildman–Crippen LogP) is 3.39. The largest absolute Gasteiger partial charge is 0.323 e. The summed E-state index contributed by atoms with van der Waals surface area (Å²) in [7, 11) is -2.97. The SMILES string of the molecule is Cc1cccc2c1nc(C(C)Cl)n2C1CCCS(=O)(=O)C1. The second-order valence-electron chi connectivity index (χ2n) is 5.81. The number of fused-ring (bicyclic) bond motifs is 1. The quantitative estimate of drug-likeness (QED) is 0.795. The van der Waals surface area contributed by atoms with Gasteiger partial charge >= 0.3 is 0 Å². The number of nitrogens with zero attached hydrogens (tertiary/aromatic N) is 2. The monoisotopic (exact) mass is 326 g/mol. The third-order valence-electron chi connectivity index (χ3n) is 4.11. The summed E-state index contributed by atoms with van der Waals surface area (Å²) in [4.78, 5) is 4.67.